The molecule has 0 spiro atoms. The van der Waals surface area contributed by atoms with Crippen LogP contribution in [0.1, 0.15) is 91.9 Å². The van der Waals surface area contributed by atoms with Crippen molar-refractivity contribution in [2.75, 3.05) is 198 Å². The average molecular weight is 1040 g/mol. The van der Waals surface area contributed by atoms with Gasteiger partial charge in [-0.25, -0.2) is 0 Å². The number of nitrogens with two attached hydrogens (primary N) is 6. The first-order chi connectivity index (χ1) is 30.4. The van der Waals surface area contributed by atoms with Crippen LogP contribution in [-0.4, -0.2) is 198 Å². The molecule has 1 aliphatic heterocycles. The van der Waals surface area contributed by atoms with Gasteiger partial charge in [-0.15, -0.1) is 0 Å². The van der Waals surface area contributed by atoms with Crippen LogP contribution in [0.5, 0.6) is 0 Å². The Hall–Kier alpha value is 1.000. The zero-order valence-electron chi connectivity index (χ0n) is 45.7. The molecule has 22 heteroatoms. The zero-order valence-corrected chi connectivity index (χ0v) is 51.4. The fourth-order valence-electron chi connectivity index (χ4n) is 4.33. The molecule has 0 aromatic heterocycles. The van der Waals surface area contributed by atoms with Gasteiger partial charge in [-0.05, 0) is 106 Å². The normalized spacial score (nSPS) is 11.9. The Morgan fingerprint density at radius 3 is 0.697 bits per heavy atom. The number of hydrogen-bond donors (Lipinski definition) is 18. The van der Waals surface area contributed by atoms with Crippen molar-refractivity contribution in [3.05, 3.63) is 0 Å². The molecule has 0 aromatic rings. The van der Waals surface area contributed by atoms with Crippen molar-refractivity contribution >= 4 is 39.6 Å². The van der Waals surface area contributed by atoms with Crippen molar-refractivity contribution in [1.82, 2.24) is 63.8 Å². The summed E-state index contributed by atoms with van der Waals surface area (Å²) in [4.78, 5) is 0. The van der Waals surface area contributed by atoms with Gasteiger partial charge in [-0.1, -0.05) is 66.2 Å². The zero-order chi connectivity index (χ0) is 47.9. The Labute approximate surface area is 426 Å². The van der Waals surface area contributed by atoms with Crippen molar-refractivity contribution in [2.45, 2.75) is 91.9 Å². The van der Waals surface area contributed by atoms with Crippen LogP contribution in [0, 0.1) is 0 Å². The Bertz CT molecular complexity index is 507. The fourth-order valence-corrected chi connectivity index (χ4v) is 4.33. The lowest BCUT2D eigenvalue weighted by atomic mass is 10.3. The van der Waals surface area contributed by atoms with E-state index in [1.54, 1.807) is 0 Å². The lowest BCUT2D eigenvalue weighted by Gasteiger charge is -2.10. The van der Waals surface area contributed by atoms with Gasteiger partial charge in [0.05, 0.1) is 0 Å². The number of hydrogen-bond acceptors (Lipinski definition) is 18. The molecule has 4 unspecified atom stereocenters. The molecule has 1 rings (SSSR count). The van der Waals surface area contributed by atoms with Crippen molar-refractivity contribution in [2.24, 2.45) is 34.4 Å². The minimum atomic E-state index is 0. The molecule has 66 heavy (non-hydrogen) atoms. The predicted molar refractivity (Wildman–Crippen MR) is 326 cm³/mol. The summed E-state index contributed by atoms with van der Waals surface area (Å²) in [5.74, 6) is 0. The Morgan fingerprint density at radius 2 is 0.530 bits per heavy atom. The van der Waals surface area contributed by atoms with Crippen molar-refractivity contribution in [3.8, 4) is 0 Å². The summed E-state index contributed by atoms with van der Waals surface area (Å²) >= 11 is 0. The van der Waals surface area contributed by atoms with E-state index in [2.05, 4.69) is 91.5 Å². The maximum atomic E-state index is 5.30. The van der Waals surface area contributed by atoms with E-state index in [4.69, 9.17) is 34.4 Å². The van der Waals surface area contributed by atoms with Crippen molar-refractivity contribution in [3.63, 3.8) is 0 Å². The second kappa shape index (κ2) is 116. The predicted octanol–water partition coefficient (Wildman–Crippen LogP) is -1.54. The van der Waals surface area contributed by atoms with Gasteiger partial charge in [0.1, 0.15) is 0 Å². The lowest BCUT2D eigenvalue weighted by Crippen LogP contribution is -2.34. The third kappa shape index (κ3) is 151. The molecule has 4 atom stereocenters. The van der Waals surface area contributed by atoms with Gasteiger partial charge in [0.2, 0.25) is 0 Å². The van der Waals surface area contributed by atoms with Gasteiger partial charge < -0.3 is 98.2 Å². The molecule has 418 valence electrons. The summed E-state index contributed by atoms with van der Waals surface area (Å²) in [7, 11) is 7.71. The molecule has 0 saturated carbocycles. The third-order valence-electron chi connectivity index (χ3n) is 7.90. The minimum absolute atomic E-state index is 0. The fraction of sp³-hybridized carbons (Fsp3) is 1.00. The van der Waals surface area contributed by atoms with E-state index in [-0.39, 0.29) is 39.6 Å². The quantitative estimate of drug-likeness (QED) is 0.0328. The smallest absolute Gasteiger partial charge is 0.00767 e. The van der Waals surface area contributed by atoms with E-state index in [1.165, 1.54) is 57.8 Å². The second-order valence-electron chi connectivity index (χ2n) is 14.3. The summed E-state index contributed by atoms with van der Waals surface area (Å²) < 4.78 is 0. The number of rotatable bonds is 27. The molecule has 1 saturated heterocycles. The topological polar surface area (TPSA) is 300 Å². The van der Waals surface area contributed by atoms with Gasteiger partial charge in [-0.3, -0.25) is 0 Å². The van der Waals surface area contributed by atoms with Crippen LogP contribution < -0.4 is 98.2 Å². The molecule has 0 aromatic carbocycles. The summed E-state index contributed by atoms with van der Waals surface area (Å²) in [5, 5.41) is 38.8. The van der Waals surface area contributed by atoms with Crippen LogP contribution in [0.15, 0.2) is 0 Å². The largest absolute Gasteiger partial charge is 0.329 e. The molecular weight excluding hydrogens is 905 g/mol. The van der Waals surface area contributed by atoms with Crippen molar-refractivity contribution in [1.29, 1.82) is 0 Å². The van der Waals surface area contributed by atoms with E-state index in [0.717, 1.165) is 163 Å². The Balaban J connectivity index is -0.0000000604. The van der Waals surface area contributed by atoms with Gasteiger partial charge in [0.25, 0.3) is 0 Å². The highest BCUT2D eigenvalue weighted by atomic mass is 31.0. The van der Waals surface area contributed by atoms with Gasteiger partial charge in [-0.2, -0.15) is 39.6 Å². The molecule has 0 radical (unpaired) electrons. The summed E-state index contributed by atoms with van der Waals surface area (Å²) in [6.45, 7) is 34.0. The van der Waals surface area contributed by atoms with Crippen LogP contribution >= 0.6 is 39.6 Å². The molecule has 0 amide bonds. The number of unbranched alkanes of at least 4 members (excludes halogenated alkanes) is 4. The van der Waals surface area contributed by atoms with Gasteiger partial charge in [0, 0.05) is 118 Å². The highest BCUT2D eigenvalue weighted by Crippen LogP contribution is 1.89. The van der Waals surface area contributed by atoms with E-state index in [9.17, 15) is 0 Å². The lowest BCUT2D eigenvalue weighted by molar-refractivity contribution is 0.530. The molecular formula is C44H132N18P4. The molecule has 0 bridgehead atoms. The second-order valence-corrected chi connectivity index (χ2v) is 14.3. The third-order valence-corrected chi connectivity index (χ3v) is 7.90. The highest BCUT2D eigenvalue weighted by Gasteiger charge is 1.93. The van der Waals surface area contributed by atoms with Gasteiger partial charge >= 0.3 is 0 Å². The SMILES string of the molecule is C1CNCCNCCCNCCNC1.CCCCC.CCCCC.CNCCN.CNCCN.CNCCNCCCNCCNC.NCCN.NCCNCCCNCCN.P.P.P.P. The van der Waals surface area contributed by atoms with Crippen molar-refractivity contribution < 1.29 is 0 Å². The maximum absolute atomic E-state index is 5.30. The van der Waals surface area contributed by atoms with Crippen LogP contribution in [-0.2, 0) is 0 Å². The molecule has 1 fully saturated rings. The summed E-state index contributed by atoms with van der Waals surface area (Å²) in [6, 6.07) is 0. The first kappa shape index (κ1) is 93.1. The van der Waals surface area contributed by atoms with E-state index in [1.807, 2.05) is 28.2 Å². The minimum Gasteiger partial charge on any atom is -0.329 e. The van der Waals surface area contributed by atoms with Crippen LogP contribution in [0.25, 0.3) is 0 Å². The standard InChI is InChI=1S/C10H24N4.C9H24N4.C7H20N4.2C5H12.2C3H10N2.C2H8N2.4H3P/c1-3-11-7-9-13-5-2-6-14-10-8-12-4-1;1-10-6-8-12-4-3-5-13-9-7-11-2;8-2-6-10-4-1-5-11-7-3-9;2*1-3-5-4-2;2*1-5-3-2-4;3-1-2-4;;;;/h11-14H,1-10H2;10-13H,3-9H2,1-2H3;10-11H,1-9H2;2*3-5H2,1-2H3;2*5H,2-4H2,1H3;1-4H2;4*1H3. The first-order valence-corrected chi connectivity index (χ1v) is 24.8. The van der Waals surface area contributed by atoms with E-state index < -0.39 is 0 Å². The van der Waals surface area contributed by atoms with Crippen LogP contribution in [0.3, 0.4) is 0 Å². The first-order valence-electron chi connectivity index (χ1n) is 24.8. The monoisotopic (exact) mass is 1040 g/mol. The molecule has 1 aliphatic rings. The highest BCUT2D eigenvalue weighted by molar-refractivity contribution is 6.92. The van der Waals surface area contributed by atoms with E-state index >= 15 is 0 Å². The average Bonchev–Trinajstić information content (AvgIpc) is 3.29. The Kier molecular flexibility index (Phi) is 164. The Morgan fingerprint density at radius 1 is 0.288 bits per heavy atom. The van der Waals surface area contributed by atoms with E-state index in [0.29, 0.717) is 13.1 Å². The van der Waals surface area contributed by atoms with Crippen LogP contribution in [0.2, 0.25) is 0 Å². The molecule has 18 nitrogen and oxygen atoms in total. The molecule has 1 heterocycles. The summed E-state index contributed by atoms with van der Waals surface area (Å²) in [6.07, 6.45) is 12.9. The number of likely N-dealkylation sites (N-methyl/N-ethyl adjacent to an activating group) is 4. The molecule has 24 N–H and O–H groups in total. The molecule has 0 aliphatic carbocycles. The van der Waals surface area contributed by atoms with Gasteiger partial charge in [0.15, 0.2) is 0 Å². The maximum Gasteiger partial charge on any atom is 0.00767 e. The summed E-state index contributed by atoms with van der Waals surface area (Å²) in [5.41, 5.74) is 30.6. The van der Waals surface area contributed by atoms with Crippen LogP contribution in [0.4, 0.5) is 0 Å². The number of nitrogens with one attached hydrogen (secondary N) is 12.